The molecule has 24 heavy (non-hydrogen) atoms. The first-order chi connectivity index (χ1) is 11.4. The number of sulfonamides is 1. The smallest absolute Gasteiger partial charge is 0.232 e. The van der Waals surface area contributed by atoms with Crippen LogP contribution in [0.25, 0.3) is 0 Å². The summed E-state index contributed by atoms with van der Waals surface area (Å²) in [6.07, 6.45) is 4.90. The number of pyridine rings is 1. The summed E-state index contributed by atoms with van der Waals surface area (Å²) in [6.45, 7) is 0.209. The fraction of sp³-hybridized carbons (Fsp3) is 0.250. The van der Waals surface area contributed by atoms with Crippen molar-refractivity contribution in [2.24, 2.45) is 0 Å². The molecule has 1 N–H and O–H groups in total. The fourth-order valence-electron chi connectivity index (χ4n) is 2.14. The van der Waals surface area contributed by atoms with Gasteiger partial charge in [0.2, 0.25) is 15.9 Å². The maximum atomic E-state index is 12.0. The number of rotatable bonds is 7. The van der Waals surface area contributed by atoms with E-state index >= 15 is 0 Å². The highest BCUT2D eigenvalue weighted by atomic mass is 35.5. The van der Waals surface area contributed by atoms with Crippen molar-refractivity contribution in [3.05, 3.63) is 53.8 Å². The molecule has 0 aliphatic heterocycles. The van der Waals surface area contributed by atoms with Gasteiger partial charge in [0, 0.05) is 24.2 Å². The third kappa shape index (κ3) is 5.50. The Morgan fingerprint density at radius 3 is 2.54 bits per heavy atom. The lowest BCUT2D eigenvalue weighted by atomic mass is 10.2. The molecular weight excluding hydrogens is 350 g/mol. The van der Waals surface area contributed by atoms with Crippen molar-refractivity contribution in [1.29, 1.82) is 0 Å². The molecule has 128 valence electrons. The second-order valence-electron chi connectivity index (χ2n) is 5.20. The predicted octanol–water partition coefficient (Wildman–Crippen LogP) is 2.92. The van der Waals surface area contributed by atoms with Crippen LogP contribution < -0.4 is 9.62 Å². The van der Waals surface area contributed by atoms with Crippen molar-refractivity contribution in [1.82, 2.24) is 4.98 Å². The Labute approximate surface area is 146 Å². The Balaban J connectivity index is 1.94. The second kappa shape index (κ2) is 8.12. The summed E-state index contributed by atoms with van der Waals surface area (Å²) in [5, 5.41) is 3.25. The van der Waals surface area contributed by atoms with Crippen molar-refractivity contribution in [2.45, 2.75) is 12.8 Å². The number of anilines is 2. The molecule has 0 unspecified atom stereocenters. The number of benzene rings is 1. The Bertz CT molecular complexity index is 780. The molecule has 8 heteroatoms. The minimum Gasteiger partial charge on any atom is -0.325 e. The lowest BCUT2D eigenvalue weighted by Gasteiger charge is -2.22. The number of hydrogen-bond donors (Lipinski definition) is 1. The largest absolute Gasteiger partial charge is 0.325 e. The van der Waals surface area contributed by atoms with E-state index in [-0.39, 0.29) is 18.9 Å². The molecule has 0 aliphatic rings. The minimum atomic E-state index is -3.44. The van der Waals surface area contributed by atoms with E-state index in [9.17, 15) is 13.2 Å². The van der Waals surface area contributed by atoms with Gasteiger partial charge in [-0.25, -0.2) is 8.42 Å². The van der Waals surface area contributed by atoms with Gasteiger partial charge in [0.15, 0.2) is 0 Å². The van der Waals surface area contributed by atoms with Crippen LogP contribution in [0.4, 0.5) is 11.4 Å². The molecule has 2 rings (SSSR count). The molecule has 0 fully saturated rings. The molecule has 0 bridgehead atoms. The van der Waals surface area contributed by atoms with Crippen LogP contribution in [-0.4, -0.2) is 32.1 Å². The van der Waals surface area contributed by atoms with Gasteiger partial charge < -0.3 is 5.32 Å². The van der Waals surface area contributed by atoms with Crippen molar-refractivity contribution in [3.63, 3.8) is 0 Å². The number of hydrogen-bond acceptors (Lipinski definition) is 4. The van der Waals surface area contributed by atoms with Gasteiger partial charge >= 0.3 is 0 Å². The zero-order valence-corrected chi connectivity index (χ0v) is 14.7. The van der Waals surface area contributed by atoms with Crippen molar-refractivity contribution >= 4 is 38.9 Å². The van der Waals surface area contributed by atoms with E-state index in [2.05, 4.69) is 10.3 Å². The van der Waals surface area contributed by atoms with Crippen LogP contribution >= 0.6 is 11.6 Å². The van der Waals surface area contributed by atoms with Gasteiger partial charge in [-0.15, -0.1) is 0 Å². The van der Waals surface area contributed by atoms with Crippen LogP contribution in [0, 0.1) is 0 Å². The molecule has 0 saturated carbocycles. The monoisotopic (exact) mass is 367 g/mol. The van der Waals surface area contributed by atoms with E-state index < -0.39 is 10.0 Å². The van der Waals surface area contributed by atoms with E-state index in [0.717, 1.165) is 6.26 Å². The average molecular weight is 368 g/mol. The van der Waals surface area contributed by atoms with E-state index in [4.69, 9.17) is 11.6 Å². The van der Waals surface area contributed by atoms with Crippen molar-refractivity contribution in [2.75, 3.05) is 22.4 Å². The molecule has 1 aromatic heterocycles. The Morgan fingerprint density at radius 1 is 1.25 bits per heavy atom. The average Bonchev–Trinajstić information content (AvgIpc) is 2.52. The minimum absolute atomic E-state index is 0.187. The van der Waals surface area contributed by atoms with Crippen LogP contribution in [0.5, 0.6) is 0 Å². The highest BCUT2D eigenvalue weighted by Gasteiger charge is 2.17. The van der Waals surface area contributed by atoms with Crippen LogP contribution in [0.15, 0.2) is 48.8 Å². The number of amides is 1. The number of aromatic nitrogens is 1. The molecule has 0 atom stereocenters. The molecule has 0 spiro atoms. The molecule has 2 aromatic rings. The molecule has 0 aliphatic carbocycles. The van der Waals surface area contributed by atoms with E-state index in [1.54, 1.807) is 48.8 Å². The maximum Gasteiger partial charge on any atom is 0.232 e. The van der Waals surface area contributed by atoms with Crippen molar-refractivity contribution < 1.29 is 13.2 Å². The van der Waals surface area contributed by atoms with Crippen molar-refractivity contribution in [3.8, 4) is 0 Å². The van der Waals surface area contributed by atoms with E-state index in [1.807, 2.05) is 0 Å². The third-order valence-electron chi connectivity index (χ3n) is 3.23. The van der Waals surface area contributed by atoms with E-state index in [0.29, 0.717) is 22.8 Å². The lowest BCUT2D eigenvalue weighted by Crippen LogP contribution is -2.31. The summed E-state index contributed by atoms with van der Waals surface area (Å²) >= 11 is 5.83. The lowest BCUT2D eigenvalue weighted by molar-refractivity contribution is -0.116. The van der Waals surface area contributed by atoms with Gasteiger partial charge in [-0.1, -0.05) is 11.6 Å². The van der Waals surface area contributed by atoms with Gasteiger partial charge in [-0.3, -0.25) is 14.1 Å². The van der Waals surface area contributed by atoms with Gasteiger partial charge in [-0.05, 0) is 42.8 Å². The van der Waals surface area contributed by atoms with Crippen LogP contribution in [0.2, 0.25) is 5.02 Å². The molecule has 1 aromatic carbocycles. The first-order valence-electron chi connectivity index (χ1n) is 7.29. The zero-order valence-electron chi connectivity index (χ0n) is 13.1. The van der Waals surface area contributed by atoms with E-state index in [1.165, 1.54) is 4.31 Å². The van der Waals surface area contributed by atoms with Gasteiger partial charge in [0.05, 0.1) is 23.8 Å². The number of carbonyl (C=O) groups is 1. The van der Waals surface area contributed by atoms with Crippen LogP contribution in [0.3, 0.4) is 0 Å². The second-order valence-corrected chi connectivity index (χ2v) is 7.55. The van der Waals surface area contributed by atoms with Gasteiger partial charge in [0.25, 0.3) is 0 Å². The Kier molecular flexibility index (Phi) is 6.16. The summed E-state index contributed by atoms with van der Waals surface area (Å²) in [7, 11) is -3.44. The molecule has 1 heterocycles. The topological polar surface area (TPSA) is 79.4 Å². The summed E-state index contributed by atoms with van der Waals surface area (Å²) in [6, 6.07) is 10.00. The molecular formula is C16H18ClN3O3S. The number of halogens is 1. The number of nitrogens with zero attached hydrogens (tertiary/aromatic N) is 2. The Hall–Kier alpha value is -2.12. The fourth-order valence-corrected chi connectivity index (χ4v) is 3.23. The quantitative estimate of drug-likeness (QED) is 0.816. The summed E-state index contributed by atoms with van der Waals surface area (Å²) in [4.78, 5) is 15.8. The first kappa shape index (κ1) is 18.2. The SMILES string of the molecule is CS(=O)(=O)N(CCCC(=O)Nc1cccnc1)c1ccc(Cl)cc1. The normalized spacial score (nSPS) is 11.1. The highest BCUT2D eigenvalue weighted by Crippen LogP contribution is 2.21. The van der Waals surface area contributed by atoms with Crippen LogP contribution in [-0.2, 0) is 14.8 Å². The van der Waals surface area contributed by atoms with Gasteiger partial charge in [-0.2, -0.15) is 0 Å². The maximum absolute atomic E-state index is 12.0. The molecule has 0 saturated heterocycles. The highest BCUT2D eigenvalue weighted by molar-refractivity contribution is 7.92. The number of carbonyl (C=O) groups excluding carboxylic acids is 1. The third-order valence-corrected chi connectivity index (χ3v) is 4.67. The predicted molar refractivity (Wildman–Crippen MR) is 95.7 cm³/mol. The molecule has 0 radical (unpaired) electrons. The molecule has 6 nitrogen and oxygen atoms in total. The summed E-state index contributed by atoms with van der Waals surface area (Å²) in [5.41, 5.74) is 1.13. The standard InChI is InChI=1S/C16H18ClN3O3S/c1-24(22,23)20(15-8-6-13(17)7-9-15)11-3-5-16(21)19-14-4-2-10-18-12-14/h2,4,6-10,12H,3,5,11H2,1H3,(H,19,21). The van der Waals surface area contributed by atoms with Gasteiger partial charge in [0.1, 0.15) is 0 Å². The van der Waals surface area contributed by atoms with Crippen LogP contribution in [0.1, 0.15) is 12.8 Å². The zero-order chi connectivity index (χ0) is 17.6. The summed E-state index contributed by atoms with van der Waals surface area (Å²) in [5.74, 6) is -0.187. The molecule has 1 amide bonds. The first-order valence-corrected chi connectivity index (χ1v) is 9.52. The number of nitrogens with one attached hydrogen (secondary N) is 1. The Morgan fingerprint density at radius 2 is 1.96 bits per heavy atom. The summed E-state index contributed by atoms with van der Waals surface area (Å²) < 4.78 is 25.2.